The predicted octanol–water partition coefficient (Wildman–Crippen LogP) is 1.67. The van der Waals surface area contributed by atoms with E-state index >= 15 is 0 Å². The van der Waals surface area contributed by atoms with Crippen LogP contribution in [0.25, 0.3) is 0 Å². The molecule has 1 heterocycles. The molecule has 4 heteroatoms. The van der Waals surface area contributed by atoms with E-state index in [1.807, 2.05) is 19.1 Å². The van der Waals surface area contributed by atoms with Crippen LogP contribution >= 0.6 is 0 Å². The van der Waals surface area contributed by atoms with Gasteiger partial charge < -0.3 is 16.4 Å². The molecule has 0 radical (unpaired) electrons. The van der Waals surface area contributed by atoms with Crippen molar-refractivity contribution in [2.45, 2.75) is 32.7 Å². The van der Waals surface area contributed by atoms with Crippen molar-refractivity contribution in [3.05, 3.63) is 23.8 Å². The highest BCUT2D eigenvalue weighted by Gasteiger charge is 2.29. The Morgan fingerprint density at radius 2 is 2.11 bits per heavy atom. The Balaban J connectivity index is 2.30. The first kappa shape index (κ1) is 12.7. The number of carbonyl (C=O) groups is 1. The molecule has 18 heavy (non-hydrogen) atoms. The summed E-state index contributed by atoms with van der Waals surface area (Å²) in [6.45, 7) is 4.89. The summed E-state index contributed by atoms with van der Waals surface area (Å²) in [6.07, 6.45) is 1.87. The normalized spacial score (nSPS) is 24.0. The van der Waals surface area contributed by atoms with Gasteiger partial charge >= 0.3 is 0 Å². The van der Waals surface area contributed by atoms with Gasteiger partial charge in [-0.2, -0.15) is 0 Å². The minimum Gasteiger partial charge on any atom is -0.398 e. The molecule has 0 bridgehead atoms. The van der Waals surface area contributed by atoms with E-state index in [4.69, 9.17) is 11.5 Å². The number of hydrogen-bond donors (Lipinski definition) is 2. The molecule has 1 aliphatic rings. The molecule has 0 aromatic heterocycles. The highest BCUT2D eigenvalue weighted by Crippen LogP contribution is 2.31. The summed E-state index contributed by atoms with van der Waals surface area (Å²) in [5, 5.41) is 0. The van der Waals surface area contributed by atoms with Gasteiger partial charge in [-0.25, -0.2) is 0 Å². The van der Waals surface area contributed by atoms with E-state index in [9.17, 15) is 4.79 Å². The summed E-state index contributed by atoms with van der Waals surface area (Å²) in [7, 11) is 0. The average Bonchev–Trinajstić information content (AvgIpc) is 2.33. The second kappa shape index (κ2) is 4.88. The van der Waals surface area contributed by atoms with Crippen molar-refractivity contribution in [1.29, 1.82) is 0 Å². The SMILES string of the molecule is Cc1c(N)cccc1N1CC(C(N)=O)CCC1C. The monoisotopic (exact) mass is 247 g/mol. The largest absolute Gasteiger partial charge is 0.398 e. The van der Waals surface area contributed by atoms with E-state index in [0.717, 1.165) is 29.8 Å². The summed E-state index contributed by atoms with van der Waals surface area (Å²) in [5.41, 5.74) is 14.4. The Morgan fingerprint density at radius 1 is 1.39 bits per heavy atom. The lowest BCUT2D eigenvalue weighted by Crippen LogP contribution is -2.46. The van der Waals surface area contributed by atoms with E-state index in [2.05, 4.69) is 17.9 Å². The Labute approximate surface area is 108 Å². The molecule has 4 nitrogen and oxygen atoms in total. The zero-order valence-corrected chi connectivity index (χ0v) is 11.0. The summed E-state index contributed by atoms with van der Waals surface area (Å²) in [6, 6.07) is 6.34. The third kappa shape index (κ3) is 2.28. The molecule has 98 valence electrons. The zero-order chi connectivity index (χ0) is 13.3. The molecule has 1 aromatic rings. The number of anilines is 2. The topological polar surface area (TPSA) is 72.3 Å². The molecule has 1 aliphatic heterocycles. The van der Waals surface area contributed by atoms with E-state index < -0.39 is 0 Å². The lowest BCUT2D eigenvalue weighted by molar-refractivity contribution is -0.122. The van der Waals surface area contributed by atoms with Gasteiger partial charge in [0.1, 0.15) is 0 Å². The Hall–Kier alpha value is -1.71. The maximum Gasteiger partial charge on any atom is 0.222 e. The number of nitrogen functional groups attached to an aromatic ring is 1. The van der Waals surface area contributed by atoms with Crippen LogP contribution in [0.1, 0.15) is 25.3 Å². The molecular formula is C14H21N3O. The van der Waals surface area contributed by atoms with Crippen LogP contribution in [0.3, 0.4) is 0 Å². The maximum atomic E-state index is 11.4. The van der Waals surface area contributed by atoms with Gasteiger partial charge in [0.2, 0.25) is 5.91 Å². The number of benzene rings is 1. The number of hydrogen-bond acceptors (Lipinski definition) is 3. The fourth-order valence-electron chi connectivity index (χ4n) is 2.63. The molecule has 4 N–H and O–H groups in total. The third-order valence-corrected chi connectivity index (χ3v) is 3.94. The molecule has 1 amide bonds. The van der Waals surface area contributed by atoms with Crippen LogP contribution in [-0.4, -0.2) is 18.5 Å². The molecule has 1 saturated heterocycles. The van der Waals surface area contributed by atoms with Gasteiger partial charge in [0, 0.05) is 24.0 Å². The highest BCUT2D eigenvalue weighted by molar-refractivity contribution is 5.78. The Morgan fingerprint density at radius 3 is 2.78 bits per heavy atom. The fourth-order valence-corrected chi connectivity index (χ4v) is 2.63. The third-order valence-electron chi connectivity index (χ3n) is 3.94. The number of carbonyl (C=O) groups excluding carboxylic acids is 1. The number of amides is 1. The minimum atomic E-state index is -0.201. The van der Waals surface area contributed by atoms with Gasteiger partial charge in [0.05, 0.1) is 5.92 Å². The van der Waals surface area contributed by atoms with Crippen LogP contribution < -0.4 is 16.4 Å². The summed E-state index contributed by atoms with van der Waals surface area (Å²) < 4.78 is 0. The van der Waals surface area contributed by atoms with Crippen LogP contribution in [0.4, 0.5) is 11.4 Å². The van der Waals surface area contributed by atoms with Crippen molar-refractivity contribution in [1.82, 2.24) is 0 Å². The van der Waals surface area contributed by atoms with Gasteiger partial charge in [0.25, 0.3) is 0 Å². The van der Waals surface area contributed by atoms with Gasteiger partial charge in [-0.05, 0) is 44.4 Å². The average molecular weight is 247 g/mol. The molecule has 0 spiro atoms. The summed E-state index contributed by atoms with van der Waals surface area (Å²) in [5.74, 6) is -0.254. The lowest BCUT2D eigenvalue weighted by Gasteiger charge is -2.39. The molecule has 0 saturated carbocycles. The smallest absolute Gasteiger partial charge is 0.222 e. The second-order valence-corrected chi connectivity index (χ2v) is 5.17. The lowest BCUT2D eigenvalue weighted by atomic mass is 9.92. The van der Waals surface area contributed by atoms with Crippen molar-refractivity contribution in [3.63, 3.8) is 0 Å². The molecular weight excluding hydrogens is 226 g/mol. The highest BCUT2D eigenvalue weighted by atomic mass is 16.1. The van der Waals surface area contributed by atoms with Gasteiger partial charge in [-0.15, -0.1) is 0 Å². The van der Waals surface area contributed by atoms with E-state index in [1.54, 1.807) is 0 Å². The number of primary amides is 1. The Kier molecular flexibility index (Phi) is 3.45. The van der Waals surface area contributed by atoms with Crippen molar-refractivity contribution in [2.75, 3.05) is 17.2 Å². The molecule has 1 fully saturated rings. The van der Waals surface area contributed by atoms with E-state index in [1.165, 1.54) is 0 Å². The van der Waals surface area contributed by atoms with Crippen LogP contribution in [0.15, 0.2) is 18.2 Å². The summed E-state index contributed by atoms with van der Waals surface area (Å²) in [4.78, 5) is 13.6. The van der Waals surface area contributed by atoms with Crippen LogP contribution in [0.2, 0.25) is 0 Å². The maximum absolute atomic E-state index is 11.4. The van der Waals surface area contributed by atoms with E-state index in [-0.39, 0.29) is 11.8 Å². The Bertz CT molecular complexity index is 458. The van der Waals surface area contributed by atoms with Crippen molar-refractivity contribution in [2.24, 2.45) is 11.7 Å². The molecule has 2 unspecified atom stereocenters. The number of rotatable bonds is 2. The first-order valence-electron chi connectivity index (χ1n) is 6.41. The first-order chi connectivity index (χ1) is 8.50. The number of nitrogens with two attached hydrogens (primary N) is 2. The molecule has 0 aliphatic carbocycles. The molecule has 2 atom stereocenters. The number of piperidine rings is 1. The van der Waals surface area contributed by atoms with Crippen LogP contribution in [0, 0.1) is 12.8 Å². The van der Waals surface area contributed by atoms with Crippen molar-refractivity contribution in [3.8, 4) is 0 Å². The summed E-state index contributed by atoms with van der Waals surface area (Å²) >= 11 is 0. The minimum absolute atomic E-state index is 0.0537. The fraction of sp³-hybridized carbons (Fsp3) is 0.500. The number of nitrogens with zero attached hydrogens (tertiary/aromatic N) is 1. The quantitative estimate of drug-likeness (QED) is 0.781. The van der Waals surface area contributed by atoms with E-state index in [0.29, 0.717) is 12.6 Å². The molecule has 1 aromatic carbocycles. The predicted molar refractivity (Wildman–Crippen MR) is 74.3 cm³/mol. The van der Waals surface area contributed by atoms with Crippen molar-refractivity contribution < 1.29 is 4.79 Å². The van der Waals surface area contributed by atoms with Crippen molar-refractivity contribution >= 4 is 17.3 Å². The second-order valence-electron chi connectivity index (χ2n) is 5.17. The van der Waals surface area contributed by atoms with Crippen LogP contribution in [0.5, 0.6) is 0 Å². The van der Waals surface area contributed by atoms with Gasteiger partial charge in [-0.1, -0.05) is 6.07 Å². The van der Waals surface area contributed by atoms with Gasteiger partial charge in [-0.3, -0.25) is 4.79 Å². The standard InChI is InChI=1S/C14H21N3O/c1-9-6-7-11(14(16)18)8-17(9)13-5-3-4-12(15)10(13)2/h3-5,9,11H,6-8,15H2,1-2H3,(H2,16,18). The van der Waals surface area contributed by atoms with Crippen LogP contribution in [-0.2, 0) is 4.79 Å². The van der Waals surface area contributed by atoms with Gasteiger partial charge in [0.15, 0.2) is 0 Å². The zero-order valence-electron chi connectivity index (χ0n) is 11.0. The first-order valence-corrected chi connectivity index (χ1v) is 6.41. The molecule has 2 rings (SSSR count).